The summed E-state index contributed by atoms with van der Waals surface area (Å²) in [6, 6.07) is 4.92. The molecule has 1 N–H and O–H groups in total. The number of pyridine rings is 1. The molecule has 1 unspecified atom stereocenters. The van der Waals surface area contributed by atoms with Gasteiger partial charge in [0.2, 0.25) is 0 Å². The lowest BCUT2D eigenvalue weighted by atomic mass is 10.2. The molecule has 0 bridgehead atoms. The van der Waals surface area contributed by atoms with Crippen LogP contribution in [0.2, 0.25) is 0 Å². The Kier molecular flexibility index (Phi) is 4.55. The molecule has 0 saturated carbocycles. The van der Waals surface area contributed by atoms with Crippen molar-refractivity contribution in [2.24, 2.45) is 0 Å². The van der Waals surface area contributed by atoms with Gasteiger partial charge in [-0.05, 0) is 32.1 Å². The first kappa shape index (κ1) is 13.3. The van der Waals surface area contributed by atoms with Gasteiger partial charge in [-0.1, -0.05) is 13.0 Å². The van der Waals surface area contributed by atoms with E-state index in [4.69, 9.17) is 0 Å². The van der Waals surface area contributed by atoms with Crippen LogP contribution in [0.3, 0.4) is 0 Å². The highest BCUT2D eigenvalue weighted by molar-refractivity contribution is 5.40. The Morgan fingerprint density at radius 2 is 2.22 bits per heavy atom. The van der Waals surface area contributed by atoms with Crippen molar-refractivity contribution in [3.63, 3.8) is 0 Å². The normalized spacial score (nSPS) is 21.3. The molecule has 1 aromatic rings. The molecule has 1 aliphatic rings. The minimum absolute atomic E-state index is 0.613. The summed E-state index contributed by atoms with van der Waals surface area (Å²) in [7, 11) is 1.96. The van der Waals surface area contributed by atoms with Crippen LogP contribution in [0.4, 0.5) is 5.82 Å². The van der Waals surface area contributed by atoms with Crippen LogP contribution in [0.25, 0.3) is 0 Å². The maximum absolute atomic E-state index is 4.57. The lowest BCUT2D eigenvalue weighted by Crippen LogP contribution is -2.51. The predicted octanol–water partition coefficient (Wildman–Crippen LogP) is 1.33. The number of nitrogens with one attached hydrogen (secondary N) is 1. The molecule has 1 aliphatic heterocycles. The van der Waals surface area contributed by atoms with Gasteiger partial charge in [0.1, 0.15) is 5.82 Å². The second-order valence-electron chi connectivity index (χ2n) is 4.98. The molecule has 4 heteroatoms. The summed E-state index contributed by atoms with van der Waals surface area (Å²) in [6.45, 7) is 9.85. The fraction of sp³-hybridized carbons (Fsp3) is 0.643. The molecule has 0 amide bonds. The number of hydrogen-bond donors (Lipinski definition) is 1. The second kappa shape index (κ2) is 6.16. The monoisotopic (exact) mass is 248 g/mol. The number of piperazine rings is 1. The first-order valence-corrected chi connectivity index (χ1v) is 6.83. The van der Waals surface area contributed by atoms with E-state index in [2.05, 4.69) is 46.1 Å². The molecule has 1 atom stereocenters. The Labute approximate surface area is 110 Å². The minimum Gasteiger partial charge on any atom is -0.354 e. The van der Waals surface area contributed by atoms with Crippen molar-refractivity contribution in [3.8, 4) is 0 Å². The largest absolute Gasteiger partial charge is 0.354 e. The number of rotatable bonds is 4. The van der Waals surface area contributed by atoms with Gasteiger partial charge in [0.15, 0.2) is 0 Å². The van der Waals surface area contributed by atoms with Crippen LogP contribution < -0.4 is 10.2 Å². The van der Waals surface area contributed by atoms with Gasteiger partial charge in [0, 0.05) is 38.4 Å². The van der Waals surface area contributed by atoms with E-state index in [-0.39, 0.29) is 0 Å². The fourth-order valence-electron chi connectivity index (χ4n) is 2.59. The summed E-state index contributed by atoms with van der Waals surface area (Å²) in [5, 5.41) is 3.14. The standard InChI is InChI=1S/C14H24N4/c1-4-17-7-8-18(11-12(17)2)14-6-5-13(9-15-3)10-16-14/h5-6,10,12,15H,4,7-9,11H2,1-3H3. The zero-order chi connectivity index (χ0) is 13.0. The van der Waals surface area contributed by atoms with Crippen molar-refractivity contribution in [1.29, 1.82) is 0 Å². The average molecular weight is 248 g/mol. The molecule has 4 nitrogen and oxygen atoms in total. The molecule has 0 aromatic carbocycles. The van der Waals surface area contributed by atoms with Crippen LogP contribution in [0, 0.1) is 0 Å². The maximum Gasteiger partial charge on any atom is 0.128 e. The number of nitrogens with zero attached hydrogens (tertiary/aromatic N) is 3. The molecule has 0 radical (unpaired) electrons. The maximum atomic E-state index is 4.57. The number of likely N-dealkylation sites (N-methyl/N-ethyl adjacent to an activating group) is 1. The van der Waals surface area contributed by atoms with Gasteiger partial charge in [0.05, 0.1) is 0 Å². The molecular weight excluding hydrogens is 224 g/mol. The lowest BCUT2D eigenvalue weighted by molar-refractivity contribution is 0.199. The molecule has 1 fully saturated rings. The highest BCUT2D eigenvalue weighted by Crippen LogP contribution is 2.17. The third kappa shape index (κ3) is 3.00. The van der Waals surface area contributed by atoms with Crippen LogP contribution in [-0.4, -0.2) is 49.2 Å². The molecule has 100 valence electrons. The van der Waals surface area contributed by atoms with Gasteiger partial charge >= 0.3 is 0 Å². The van der Waals surface area contributed by atoms with E-state index in [1.807, 2.05) is 13.2 Å². The van der Waals surface area contributed by atoms with Crippen LogP contribution in [0.1, 0.15) is 19.4 Å². The van der Waals surface area contributed by atoms with E-state index in [1.54, 1.807) is 0 Å². The summed E-state index contributed by atoms with van der Waals surface area (Å²) in [4.78, 5) is 9.48. The summed E-state index contributed by atoms with van der Waals surface area (Å²) < 4.78 is 0. The molecular formula is C14H24N4. The van der Waals surface area contributed by atoms with E-state index in [9.17, 15) is 0 Å². The molecule has 0 spiro atoms. The van der Waals surface area contributed by atoms with E-state index < -0.39 is 0 Å². The Balaban J connectivity index is 1.99. The topological polar surface area (TPSA) is 31.4 Å². The number of anilines is 1. The Bertz CT molecular complexity index is 363. The Morgan fingerprint density at radius 1 is 1.39 bits per heavy atom. The van der Waals surface area contributed by atoms with E-state index in [1.165, 1.54) is 5.56 Å². The number of hydrogen-bond acceptors (Lipinski definition) is 4. The van der Waals surface area contributed by atoms with E-state index in [0.717, 1.165) is 38.5 Å². The number of aromatic nitrogens is 1. The van der Waals surface area contributed by atoms with Gasteiger partial charge in [-0.3, -0.25) is 4.90 Å². The first-order chi connectivity index (χ1) is 8.74. The lowest BCUT2D eigenvalue weighted by Gasteiger charge is -2.39. The summed E-state index contributed by atoms with van der Waals surface area (Å²) in [6.07, 6.45) is 1.97. The Hall–Kier alpha value is -1.13. The average Bonchev–Trinajstić information content (AvgIpc) is 2.40. The van der Waals surface area contributed by atoms with Gasteiger partial charge in [-0.25, -0.2) is 4.98 Å². The van der Waals surface area contributed by atoms with Gasteiger partial charge in [-0.15, -0.1) is 0 Å². The van der Waals surface area contributed by atoms with Crippen molar-refractivity contribution in [1.82, 2.24) is 15.2 Å². The van der Waals surface area contributed by atoms with Crippen molar-refractivity contribution in [2.75, 3.05) is 38.1 Å². The molecule has 2 heterocycles. The summed E-state index contributed by atoms with van der Waals surface area (Å²) in [5.41, 5.74) is 1.24. The smallest absolute Gasteiger partial charge is 0.128 e. The summed E-state index contributed by atoms with van der Waals surface area (Å²) in [5.74, 6) is 1.11. The van der Waals surface area contributed by atoms with Crippen molar-refractivity contribution in [3.05, 3.63) is 23.9 Å². The van der Waals surface area contributed by atoms with E-state index in [0.29, 0.717) is 6.04 Å². The highest BCUT2D eigenvalue weighted by atomic mass is 15.3. The van der Waals surface area contributed by atoms with Gasteiger partial charge < -0.3 is 10.2 Å². The SMILES string of the molecule is CCN1CCN(c2ccc(CNC)cn2)CC1C. The van der Waals surface area contributed by atoms with Crippen LogP contribution in [-0.2, 0) is 6.54 Å². The third-order valence-corrected chi connectivity index (χ3v) is 3.69. The van der Waals surface area contributed by atoms with Crippen molar-refractivity contribution in [2.45, 2.75) is 26.4 Å². The third-order valence-electron chi connectivity index (χ3n) is 3.69. The highest BCUT2D eigenvalue weighted by Gasteiger charge is 2.22. The molecule has 2 rings (SSSR count). The molecule has 1 aromatic heterocycles. The van der Waals surface area contributed by atoms with Gasteiger partial charge in [-0.2, -0.15) is 0 Å². The summed E-state index contributed by atoms with van der Waals surface area (Å²) >= 11 is 0. The van der Waals surface area contributed by atoms with Crippen LogP contribution in [0.15, 0.2) is 18.3 Å². The van der Waals surface area contributed by atoms with Crippen molar-refractivity contribution >= 4 is 5.82 Å². The zero-order valence-electron chi connectivity index (χ0n) is 11.7. The Morgan fingerprint density at radius 3 is 2.78 bits per heavy atom. The fourth-order valence-corrected chi connectivity index (χ4v) is 2.59. The van der Waals surface area contributed by atoms with E-state index >= 15 is 0 Å². The minimum atomic E-state index is 0.613. The van der Waals surface area contributed by atoms with Crippen LogP contribution >= 0.6 is 0 Å². The molecule has 0 aliphatic carbocycles. The molecule has 1 saturated heterocycles. The quantitative estimate of drug-likeness (QED) is 0.871. The van der Waals surface area contributed by atoms with Crippen LogP contribution in [0.5, 0.6) is 0 Å². The first-order valence-electron chi connectivity index (χ1n) is 6.83. The van der Waals surface area contributed by atoms with Gasteiger partial charge in [0.25, 0.3) is 0 Å². The second-order valence-corrected chi connectivity index (χ2v) is 4.98. The van der Waals surface area contributed by atoms with Crippen molar-refractivity contribution < 1.29 is 0 Å². The zero-order valence-corrected chi connectivity index (χ0v) is 11.7. The molecule has 18 heavy (non-hydrogen) atoms. The predicted molar refractivity (Wildman–Crippen MR) is 75.9 cm³/mol.